The Hall–Kier alpha value is -3.29. The van der Waals surface area contributed by atoms with E-state index in [9.17, 15) is 25.0 Å². The maximum Gasteiger partial charge on any atom is 0.313 e. The van der Waals surface area contributed by atoms with Crippen LogP contribution in [0.15, 0.2) is 48.5 Å². The Morgan fingerprint density at radius 3 is 1.88 bits per heavy atom. The van der Waals surface area contributed by atoms with Crippen LogP contribution in [0.2, 0.25) is 0 Å². The first-order valence-electron chi connectivity index (χ1n) is 7.48. The van der Waals surface area contributed by atoms with Crippen molar-refractivity contribution in [1.29, 1.82) is 0 Å². The lowest BCUT2D eigenvalue weighted by atomic mass is 9.92. The minimum atomic E-state index is -0.569. The number of aryl methyl sites for hydroxylation is 1. The highest BCUT2D eigenvalue weighted by Gasteiger charge is 2.22. The highest BCUT2D eigenvalue weighted by atomic mass is 16.6. The Kier molecular flexibility index (Phi) is 5.78. The Balaban J connectivity index is 2.13. The fraction of sp³-hybridized carbons (Fsp3) is 0.235. The van der Waals surface area contributed by atoms with Gasteiger partial charge in [0.2, 0.25) is 0 Å². The number of hydrogen-bond acceptors (Lipinski definition) is 6. The number of carbonyl (C=O) groups excluding carboxylic acids is 1. The summed E-state index contributed by atoms with van der Waals surface area (Å²) in [6.07, 6.45) is 0.928. The van der Waals surface area contributed by atoms with E-state index < -0.39 is 21.7 Å². The Morgan fingerprint density at radius 2 is 1.44 bits per heavy atom. The Labute approximate surface area is 143 Å². The van der Waals surface area contributed by atoms with Gasteiger partial charge in [0.1, 0.15) is 0 Å². The molecule has 130 valence electrons. The first-order valence-corrected chi connectivity index (χ1v) is 7.48. The van der Waals surface area contributed by atoms with Crippen molar-refractivity contribution in [2.45, 2.75) is 18.8 Å². The third kappa shape index (κ3) is 4.60. The van der Waals surface area contributed by atoms with Gasteiger partial charge in [-0.05, 0) is 24.0 Å². The molecule has 0 aliphatic rings. The lowest BCUT2D eigenvalue weighted by molar-refractivity contribution is -0.385. The number of ether oxygens (including phenoxy) is 1. The van der Waals surface area contributed by atoms with E-state index in [-0.39, 0.29) is 11.4 Å². The second kappa shape index (κ2) is 8.00. The van der Waals surface area contributed by atoms with E-state index in [0.717, 1.165) is 5.56 Å². The maximum atomic E-state index is 12.1. The zero-order valence-corrected chi connectivity index (χ0v) is 13.5. The van der Waals surface area contributed by atoms with E-state index in [2.05, 4.69) is 0 Å². The van der Waals surface area contributed by atoms with Gasteiger partial charge < -0.3 is 4.74 Å². The van der Waals surface area contributed by atoms with Crippen LogP contribution in [-0.4, -0.2) is 22.9 Å². The van der Waals surface area contributed by atoms with Crippen molar-refractivity contribution in [1.82, 2.24) is 0 Å². The highest BCUT2D eigenvalue weighted by Crippen LogP contribution is 2.26. The third-order valence-corrected chi connectivity index (χ3v) is 3.86. The third-order valence-electron chi connectivity index (χ3n) is 3.86. The summed E-state index contributed by atoms with van der Waals surface area (Å²) in [4.78, 5) is 32.5. The van der Waals surface area contributed by atoms with Crippen LogP contribution in [0.1, 0.15) is 23.5 Å². The minimum Gasteiger partial charge on any atom is -0.469 e. The standard InChI is InChI=1S/C17H16N2O6/c1-25-17(20)16(13-5-9-15(10-6-13)19(23)24)11-4-12-2-7-14(8-3-12)18(21)22/h2-3,5-10,16H,4,11H2,1H3. The van der Waals surface area contributed by atoms with Crippen LogP contribution >= 0.6 is 0 Å². The Morgan fingerprint density at radius 1 is 0.960 bits per heavy atom. The molecule has 2 aromatic rings. The summed E-state index contributed by atoms with van der Waals surface area (Å²) in [6, 6.07) is 11.9. The van der Waals surface area contributed by atoms with Crippen LogP contribution in [0.4, 0.5) is 11.4 Å². The van der Waals surface area contributed by atoms with Gasteiger partial charge in [0.15, 0.2) is 0 Å². The predicted molar refractivity (Wildman–Crippen MR) is 89.3 cm³/mol. The molecule has 0 aromatic heterocycles. The smallest absolute Gasteiger partial charge is 0.313 e. The maximum absolute atomic E-state index is 12.1. The first kappa shape index (κ1) is 18.1. The molecule has 0 radical (unpaired) electrons. The summed E-state index contributed by atoms with van der Waals surface area (Å²) in [5.74, 6) is -1.00. The molecule has 1 atom stereocenters. The molecular weight excluding hydrogens is 328 g/mol. The molecule has 2 rings (SSSR count). The molecule has 0 saturated heterocycles. The van der Waals surface area contributed by atoms with E-state index in [0.29, 0.717) is 18.4 Å². The van der Waals surface area contributed by atoms with Crippen molar-refractivity contribution in [3.8, 4) is 0 Å². The molecule has 2 aromatic carbocycles. The summed E-state index contributed by atoms with van der Waals surface area (Å²) in [5, 5.41) is 21.4. The van der Waals surface area contributed by atoms with Gasteiger partial charge in [0.25, 0.3) is 11.4 Å². The van der Waals surface area contributed by atoms with Crippen LogP contribution in [0, 0.1) is 20.2 Å². The summed E-state index contributed by atoms with van der Waals surface area (Å²) in [6.45, 7) is 0. The van der Waals surface area contributed by atoms with Gasteiger partial charge >= 0.3 is 5.97 Å². The second-order valence-electron chi connectivity index (χ2n) is 5.39. The molecule has 1 unspecified atom stereocenters. The number of carbonyl (C=O) groups is 1. The molecule has 0 N–H and O–H groups in total. The zero-order chi connectivity index (χ0) is 18.4. The molecule has 8 nitrogen and oxygen atoms in total. The fourth-order valence-electron chi connectivity index (χ4n) is 2.49. The van der Waals surface area contributed by atoms with Crippen LogP contribution < -0.4 is 0 Å². The number of non-ortho nitro benzene ring substituents is 2. The Bertz CT molecular complexity index is 771. The predicted octanol–water partition coefficient (Wildman–Crippen LogP) is 3.39. The van der Waals surface area contributed by atoms with Gasteiger partial charge in [-0.25, -0.2) is 0 Å². The molecule has 0 heterocycles. The van der Waals surface area contributed by atoms with Crippen LogP contribution in [0.5, 0.6) is 0 Å². The normalized spacial score (nSPS) is 11.6. The van der Waals surface area contributed by atoms with Gasteiger partial charge in [0.05, 0.1) is 22.9 Å². The molecule has 0 aliphatic heterocycles. The number of nitro groups is 2. The van der Waals surface area contributed by atoms with E-state index >= 15 is 0 Å². The molecule has 0 aliphatic carbocycles. The number of benzene rings is 2. The van der Waals surface area contributed by atoms with Crippen LogP contribution in [0.25, 0.3) is 0 Å². The molecule has 0 bridgehead atoms. The van der Waals surface area contributed by atoms with Crippen molar-refractivity contribution in [2.24, 2.45) is 0 Å². The topological polar surface area (TPSA) is 113 Å². The summed E-state index contributed by atoms with van der Waals surface area (Å²) in [5.41, 5.74) is 1.42. The van der Waals surface area contributed by atoms with Gasteiger partial charge in [0, 0.05) is 24.3 Å². The average molecular weight is 344 g/mol. The van der Waals surface area contributed by atoms with Gasteiger partial charge in [-0.2, -0.15) is 0 Å². The quantitative estimate of drug-likeness (QED) is 0.432. The lowest BCUT2D eigenvalue weighted by Crippen LogP contribution is -2.15. The van der Waals surface area contributed by atoms with E-state index in [4.69, 9.17) is 4.74 Å². The van der Waals surface area contributed by atoms with E-state index in [1.54, 1.807) is 12.1 Å². The first-order chi connectivity index (χ1) is 11.9. The van der Waals surface area contributed by atoms with Crippen LogP contribution in [0.3, 0.4) is 0 Å². The van der Waals surface area contributed by atoms with E-state index in [1.165, 1.54) is 43.5 Å². The number of hydrogen-bond donors (Lipinski definition) is 0. The molecule has 8 heteroatoms. The SMILES string of the molecule is COC(=O)C(CCc1ccc([N+](=O)[O-])cc1)c1ccc([N+](=O)[O-])cc1. The highest BCUT2D eigenvalue weighted by molar-refractivity contribution is 5.78. The van der Waals surface area contributed by atoms with Gasteiger partial charge in [-0.15, -0.1) is 0 Å². The van der Waals surface area contributed by atoms with Gasteiger partial charge in [-0.1, -0.05) is 24.3 Å². The molecular formula is C17H16N2O6. The number of nitrogens with zero attached hydrogens (tertiary/aromatic N) is 2. The summed E-state index contributed by atoms with van der Waals surface area (Å²) >= 11 is 0. The van der Waals surface area contributed by atoms with Crippen molar-refractivity contribution < 1.29 is 19.4 Å². The van der Waals surface area contributed by atoms with Crippen LogP contribution in [-0.2, 0) is 16.0 Å². The minimum absolute atomic E-state index is 0.00337. The average Bonchev–Trinajstić information content (AvgIpc) is 2.62. The molecule has 0 spiro atoms. The molecule has 25 heavy (non-hydrogen) atoms. The fourth-order valence-corrected chi connectivity index (χ4v) is 2.49. The van der Waals surface area contributed by atoms with Crippen molar-refractivity contribution in [3.63, 3.8) is 0 Å². The molecule has 0 fully saturated rings. The number of nitro benzene ring substituents is 2. The number of methoxy groups -OCH3 is 1. The lowest BCUT2D eigenvalue weighted by Gasteiger charge is -2.15. The van der Waals surface area contributed by atoms with Crippen molar-refractivity contribution in [2.75, 3.05) is 7.11 Å². The van der Waals surface area contributed by atoms with Gasteiger partial charge in [-0.3, -0.25) is 25.0 Å². The zero-order valence-electron chi connectivity index (χ0n) is 13.5. The summed E-state index contributed by atoms with van der Waals surface area (Å²) < 4.78 is 4.82. The molecule has 0 amide bonds. The van der Waals surface area contributed by atoms with Crippen molar-refractivity contribution in [3.05, 3.63) is 79.9 Å². The van der Waals surface area contributed by atoms with Crippen molar-refractivity contribution >= 4 is 17.3 Å². The number of esters is 1. The second-order valence-corrected chi connectivity index (χ2v) is 5.39. The monoisotopic (exact) mass is 344 g/mol. The van der Waals surface area contributed by atoms with E-state index in [1.807, 2.05) is 0 Å². The number of rotatable bonds is 7. The summed E-state index contributed by atoms with van der Waals surface area (Å²) in [7, 11) is 1.28. The largest absolute Gasteiger partial charge is 0.469 e. The molecule has 0 saturated carbocycles.